The SMILES string of the molecule is [c]1ccc(-c2ccccc2)cc1C1CCCN1. The zero-order valence-electron chi connectivity index (χ0n) is 9.82. The van der Waals surface area contributed by atoms with Crippen LogP contribution in [0.15, 0.2) is 48.5 Å². The summed E-state index contributed by atoms with van der Waals surface area (Å²) in [5, 5.41) is 3.52. The van der Waals surface area contributed by atoms with E-state index < -0.39 is 0 Å². The van der Waals surface area contributed by atoms with Crippen LogP contribution in [0.25, 0.3) is 11.1 Å². The van der Waals surface area contributed by atoms with Crippen LogP contribution in [0, 0.1) is 6.07 Å². The van der Waals surface area contributed by atoms with Crippen LogP contribution in [0.4, 0.5) is 0 Å². The summed E-state index contributed by atoms with van der Waals surface area (Å²) in [5.74, 6) is 0. The van der Waals surface area contributed by atoms with Gasteiger partial charge in [-0.1, -0.05) is 42.5 Å². The molecule has 1 unspecified atom stereocenters. The van der Waals surface area contributed by atoms with Crippen LogP contribution in [-0.2, 0) is 0 Å². The first-order valence-corrected chi connectivity index (χ1v) is 6.24. The second-order valence-electron chi connectivity index (χ2n) is 4.55. The molecule has 0 aliphatic carbocycles. The van der Waals surface area contributed by atoms with Gasteiger partial charge in [-0.15, -0.1) is 0 Å². The number of hydrogen-bond donors (Lipinski definition) is 1. The van der Waals surface area contributed by atoms with E-state index in [1.54, 1.807) is 0 Å². The first kappa shape index (κ1) is 10.5. The summed E-state index contributed by atoms with van der Waals surface area (Å²) >= 11 is 0. The minimum Gasteiger partial charge on any atom is -0.310 e. The predicted octanol–water partition coefficient (Wildman–Crippen LogP) is 3.58. The van der Waals surface area contributed by atoms with Gasteiger partial charge in [-0.3, -0.25) is 0 Å². The van der Waals surface area contributed by atoms with Crippen molar-refractivity contribution in [2.24, 2.45) is 0 Å². The smallest absolute Gasteiger partial charge is 0.0327 e. The Balaban J connectivity index is 1.94. The quantitative estimate of drug-likeness (QED) is 0.819. The molecule has 1 aliphatic heterocycles. The Labute approximate surface area is 102 Å². The third-order valence-corrected chi connectivity index (χ3v) is 3.37. The molecule has 0 saturated carbocycles. The van der Waals surface area contributed by atoms with E-state index in [4.69, 9.17) is 0 Å². The van der Waals surface area contributed by atoms with Gasteiger partial charge in [0.2, 0.25) is 0 Å². The Bertz CT molecular complexity index is 484. The van der Waals surface area contributed by atoms with Gasteiger partial charge < -0.3 is 5.32 Å². The molecule has 2 aromatic rings. The molecule has 1 saturated heterocycles. The Kier molecular flexibility index (Phi) is 2.93. The van der Waals surface area contributed by atoms with Gasteiger partial charge in [-0.25, -0.2) is 0 Å². The molecule has 1 atom stereocenters. The molecule has 1 heterocycles. The second kappa shape index (κ2) is 4.72. The molecule has 1 aliphatic rings. The summed E-state index contributed by atoms with van der Waals surface area (Å²) in [4.78, 5) is 0. The van der Waals surface area contributed by atoms with Crippen LogP contribution >= 0.6 is 0 Å². The van der Waals surface area contributed by atoms with E-state index in [1.807, 2.05) is 6.07 Å². The molecule has 1 fully saturated rings. The van der Waals surface area contributed by atoms with Crippen LogP contribution in [0.3, 0.4) is 0 Å². The molecule has 0 aromatic heterocycles. The third kappa shape index (κ3) is 2.25. The number of rotatable bonds is 2. The lowest BCUT2D eigenvalue weighted by molar-refractivity contribution is 0.647. The lowest BCUT2D eigenvalue weighted by Gasteiger charge is -2.11. The molecule has 85 valence electrons. The maximum Gasteiger partial charge on any atom is 0.0327 e. The molecule has 0 amide bonds. The van der Waals surface area contributed by atoms with Gasteiger partial charge in [0, 0.05) is 6.04 Å². The molecule has 3 rings (SSSR count). The van der Waals surface area contributed by atoms with Crippen molar-refractivity contribution in [1.29, 1.82) is 0 Å². The van der Waals surface area contributed by atoms with E-state index >= 15 is 0 Å². The van der Waals surface area contributed by atoms with Gasteiger partial charge in [0.1, 0.15) is 0 Å². The van der Waals surface area contributed by atoms with Crippen molar-refractivity contribution in [2.45, 2.75) is 18.9 Å². The Morgan fingerprint density at radius 2 is 1.94 bits per heavy atom. The van der Waals surface area contributed by atoms with Gasteiger partial charge in [0.25, 0.3) is 0 Å². The summed E-state index contributed by atoms with van der Waals surface area (Å²) < 4.78 is 0. The number of hydrogen-bond acceptors (Lipinski definition) is 1. The predicted molar refractivity (Wildman–Crippen MR) is 70.7 cm³/mol. The van der Waals surface area contributed by atoms with Crippen molar-refractivity contribution >= 4 is 0 Å². The van der Waals surface area contributed by atoms with Crippen molar-refractivity contribution in [2.75, 3.05) is 6.54 Å². The summed E-state index contributed by atoms with van der Waals surface area (Å²) in [7, 11) is 0. The van der Waals surface area contributed by atoms with E-state index in [-0.39, 0.29) is 0 Å². The summed E-state index contributed by atoms with van der Waals surface area (Å²) in [5.41, 5.74) is 3.86. The van der Waals surface area contributed by atoms with Crippen LogP contribution in [0.5, 0.6) is 0 Å². The summed E-state index contributed by atoms with van der Waals surface area (Å²) in [6, 6.07) is 20.8. The molecule has 17 heavy (non-hydrogen) atoms. The molecule has 0 spiro atoms. The summed E-state index contributed by atoms with van der Waals surface area (Å²) in [6.07, 6.45) is 2.50. The van der Waals surface area contributed by atoms with Crippen molar-refractivity contribution in [3.05, 3.63) is 60.2 Å². The molecular weight excluding hydrogens is 206 g/mol. The molecule has 1 heteroatoms. The monoisotopic (exact) mass is 222 g/mol. The largest absolute Gasteiger partial charge is 0.310 e. The highest BCUT2D eigenvalue weighted by Gasteiger charge is 2.16. The third-order valence-electron chi connectivity index (χ3n) is 3.37. The maximum atomic E-state index is 3.52. The number of nitrogens with one attached hydrogen (secondary N) is 1. The van der Waals surface area contributed by atoms with Crippen LogP contribution in [0.2, 0.25) is 0 Å². The minimum absolute atomic E-state index is 0.499. The van der Waals surface area contributed by atoms with Gasteiger partial charge in [-0.2, -0.15) is 0 Å². The normalized spacial score (nSPS) is 19.4. The van der Waals surface area contributed by atoms with E-state index in [0.29, 0.717) is 6.04 Å². The summed E-state index contributed by atoms with van der Waals surface area (Å²) in [6.45, 7) is 1.13. The average Bonchev–Trinajstić information content (AvgIpc) is 2.94. The van der Waals surface area contributed by atoms with E-state index in [1.165, 1.54) is 29.5 Å². The molecular formula is C16H16N. The van der Waals surface area contributed by atoms with Crippen molar-refractivity contribution in [3.63, 3.8) is 0 Å². The van der Waals surface area contributed by atoms with Gasteiger partial charge in [-0.05, 0) is 48.2 Å². The van der Waals surface area contributed by atoms with E-state index in [0.717, 1.165) is 6.54 Å². The van der Waals surface area contributed by atoms with Crippen LogP contribution < -0.4 is 5.32 Å². The van der Waals surface area contributed by atoms with Crippen LogP contribution in [-0.4, -0.2) is 6.54 Å². The lowest BCUT2D eigenvalue weighted by atomic mass is 9.99. The fraction of sp³-hybridized carbons (Fsp3) is 0.250. The molecule has 1 radical (unpaired) electrons. The van der Waals surface area contributed by atoms with Crippen molar-refractivity contribution < 1.29 is 0 Å². The zero-order chi connectivity index (χ0) is 11.5. The zero-order valence-corrected chi connectivity index (χ0v) is 9.82. The minimum atomic E-state index is 0.499. The molecule has 0 bridgehead atoms. The average molecular weight is 222 g/mol. The maximum absolute atomic E-state index is 3.52. The van der Waals surface area contributed by atoms with Gasteiger partial charge in [0.15, 0.2) is 0 Å². The number of benzene rings is 2. The topological polar surface area (TPSA) is 12.0 Å². The van der Waals surface area contributed by atoms with E-state index in [2.05, 4.69) is 53.8 Å². The first-order valence-electron chi connectivity index (χ1n) is 6.24. The van der Waals surface area contributed by atoms with E-state index in [9.17, 15) is 0 Å². The molecule has 1 N–H and O–H groups in total. The second-order valence-corrected chi connectivity index (χ2v) is 4.55. The van der Waals surface area contributed by atoms with Crippen molar-refractivity contribution in [3.8, 4) is 11.1 Å². The fourth-order valence-electron chi connectivity index (χ4n) is 2.45. The Hall–Kier alpha value is -1.60. The van der Waals surface area contributed by atoms with Crippen molar-refractivity contribution in [1.82, 2.24) is 5.32 Å². The lowest BCUT2D eigenvalue weighted by Crippen LogP contribution is -2.12. The Morgan fingerprint density at radius 1 is 1.06 bits per heavy atom. The highest BCUT2D eigenvalue weighted by atomic mass is 14.9. The highest BCUT2D eigenvalue weighted by molar-refractivity contribution is 5.64. The fourth-order valence-corrected chi connectivity index (χ4v) is 2.45. The first-order chi connectivity index (χ1) is 8.43. The van der Waals surface area contributed by atoms with Gasteiger partial charge >= 0.3 is 0 Å². The molecule has 2 aromatic carbocycles. The molecule has 1 nitrogen and oxygen atoms in total. The Morgan fingerprint density at radius 3 is 2.71 bits per heavy atom. The van der Waals surface area contributed by atoms with Crippen LogP contribution in [0.1, 0.15) is 24.4 Å². The standard InChI is InChI=1S/C16H16N/c1-2-6-13(7-3-1)14-8-4-9-15(12-14)16-10-5-11-17-16/h1-4,6-8,12,16-17H,5,10-11H2. The van der Waals surface area contributed by atoms with Gasteiger partial charge in [0.05, 0.1) is 0 Å². The highest BCUT2D eigenvalue weighted by Crippen LogP contribution is 2.26.